The molecule has 0 aliphatic rings. The van der Waals surface area contributed by atoms with Crippen molar-refractivity contribution in [3.05, 3.63) is 68.9 Å². The number of hydrogen-bond donors (Lipinski definition) is 1. The summed E-state index contributed by atoms with van der Waals surface area (Å²) in [7, 11) is 3.96. The minimum Gasteiger partial charge on any atom is -0.792 e. The molecule has 1 unspecified atom stereocenters. The Hall–Kier alpha value is 0.0703. The number of anilines is 1. The molecular formula is C23H31KN4O2SY-2. The minimum atomic E-state index is -0.500. The third-order valence-corrected chi connectivity index (χ3v) is 4.43. The van der Waals surface area contributed by atoms with E-state index in [1.165, 1.54) is 0 Å². The van der Waals surface area contributed by atoms with E-state index in [2.05, 4.69) is 15.5 Å². The number of hydrogen-bond acceptors (Lipinski definition) is 6. The molecule has 6 nitrogen and oxygen atoms in total. The first-order valence-electron chi connectivity index (χ1n) is 9.15. The van der Waals surface area contributed by atoms with Crippen LogP contribution in [-0.4, -0.2) is 37.6 Å². The fourth-order valence-electron chi connectivity index (χ4n) is 2.54. The molecule has 9 heteroatoms. The summed E-state index contributed by atoms with van der Waals surface area (Å²) < 4.78 is 0. The number of Topliss-reactive ketones (excluding diaryl/α,β-unsaturated/α-hetero) is 1. The van der Waals surface area contributed by atoms with Crippen LogP contribution in [0, 0.1) is 14.9 Å². The van der Waals surface area contributed by atoms with Crippen molar-refractivity contribution >= 4 is 41.4 Å². The zero-order valence-corrected chi connectivity index (χ0v) is 26.7. The molecule has 2 aromatic rings. The summed E-state index contributed by atoms with van der Waals surface area (Å²) in [6, 6.07) is 14.0. The van der Waals surface area contributed by atoms with Gasteiger partial charge in [0.1, 0.15) is 0 Å². The van der Waals surface area contributed by atoms with Crippen molar-refractivity contribution in [2.45, 2.75) is 25.8 Å². The standard InChI is InChI=1S/C21H26N4O2S.2CH3.K.Y/c1-4-19(20(26)13-14-28)22-21(27)15-5-7-16(8-6-15)23-24-17-9-11-18(12-10-17)25(2)3;;;;/h5-12,19,28H,4,13-14H2,1-3H3,(H,22,27);2*1H3;;/q;2*-1;+1;/p-1. The molecule has 0 heterocycles. The number of ketones is 1. The Kier molecular flexibility index (Phi) is 22.2. The molecule has 0 aliphatic heterocycles. The first-order valence-corrected chi connectivity index (χ1v) is 9.73. The molecule has 2 rings (SSSR count). The van der Waals surface area contributed by atoms with Gasteiger partial charge in [-0.25, -0.2) is 0 Å². The molecule has 167 valence electrons. The van der Waals surface area contributed by atoms with Crippen molar-refractivity contribution < 1.29 is 93.7 Å². The Bertz CT molecular complexity index is 831. The maximum absolute atomic E-state index is 12.4. The summed E-state index contributed by atoms with van der Waals surface area (Å²) in [5, 5.41) is 11.2. The van der Waals surface area contributed by atoms with Gasteiger partial charge in [0.15, 0.2) is 5.78 Å². The van der Waals surface area contributed by atoms with E-state index in [9.17, 15) is 9.59 Å². The number of benzene rings is 2. The van der Waals surface area contributed by atoms with E-state index >= 15 is 0 Å². The maximum Gasteiger partial charge on any atom is 1.00 e. The van der Waals surface area contributed by atoms with Crippen LogP contribution < -0.4 is 61.6 Å². The average molecular weight is 556 g/mol. The minimum absolute atomic E-state index is 0. The molecule has 1 atom stereocenters. The molecule has 2 aromatic carbocycles. The van der Waals surface area contributed by atoms with Crippen molar-refractivity contribution in [3.8, 4) is 0 Å². The largest absolute Gasteiger partial charge is 1.00 e. The van der Waals surface area contributed by atoms with Crippen molar-refractivity contribution in [2.24, 2.45) is 10.2 Å². The quantitative estimate of drug-likeness (QED) is 0.223. The Morgan fingerprint density at radius 2 is 1.44 bits per heavy atom. The van der Waals surface area contributed by atoms with Crippen molar-refractivity contribution in [3.63, 3.8) is 0 Å². The average Bonchev–Trinajstić information content (AvgIpc) is 2.71. The second kappa shape index (κ2) is 19.4. The van der Waals surface area contributed by atoms with Crippen LogP contribution in [0.1, 0.15) is 30.1 Å². The summed E-state index contributed by atoms with van der Waals surface area (Å²) in [4.78, 5) is 26.3. The van der Waals surface area contributed by atoms with Gasteiger partial charge in [-0.2, -0.15) is 16.0 Å². The number of carbonyl (C=O) groups is 2. The van der Waals surface area contributed by atoms with E-state index in [1.54, 1.807) is 24.3 Å². The van der Waals surface area contributed by atoms with Gasteiger partial charge in [-0.05, 0) is 61.4 Å². The number of azo groups is 1. The Balaban J connectivity index is -0.00000210. The number of carbonyl (C=O) groups excluding carboxylic acids is 2. The van der Waals surface area contributed by atoms with Crippen LogP contribution in [0.15, 0.2) is 58.8 Å². The topological polar surface area (TPSA) is 74.1 Å². The van der Waals surface area contributed by atoms with E-state index in [4.69, 9.17) is 12.6 Å². The van der Waals surface area contributed by atoms with Crippen molar-refractivity contribution in [1.29, 1.82) is 0 Å². The van der Waals surface area contributed by atoms with Gasteiger partial charge in [-0.1, -0.05) is 6.92 Å². The van der Waals surface area contributed by atoms with Gasteiger partial charge in [0, 0.05) is 58.1 Å². The molecule has 32 heavy (non-hydrogen) atoms. The van der Waals surface area contributed by atoms with Gasteiger partial charge < -0.3 is 37.7 Å². The fourth-order valence-corrected chi connectivity index (χ4v) is 2.74. The number of nitrogens with zero attached hydrogens (tertiary/aromatic N) is 3. The predicted molar refractivity (Wildman–Crippen MR) is 128 cm³/mol. The zero-order chi connectivity index (χ0) is 20.5. The summed E-state index contributed by atoms with van der Waals surface area (Å²) in [6.07, 6.45) is 0.835. The van der Waals surface area contributed by atoms with E-state index in [0.717, 1.165) is 11.4 Å². The number of rotatable bonds is 9. The molecule has 0 saturated carbocycles. The first kappa shape index (κ1) is 36.6. The molecule has 0 fully saturated rings. The molecule has 1 radical (unpaired) electrons. The second-order valence-corrected chi connectivity index (χ2v) is 6.92. The number of nitrogens with one attached hydrogen (secondary N) is 1. The molecule has 1 N–H and O–H groups in total. The summed E-state index contributed by atoms with van der Waals surface area (Å²) in [6.45, 7) is 1.86. The van der Waals surface area contributed by atoms with Crippen molar-refractivity contribution in [1.82, 2.24) is 5.32 Å². The SMILES string of the molecule is CCC(NC(=O)c1ccc(N=Nc2ccc(N(C)C)cc2)cc1)C(=O)CC[S-].[CH3-].[CH3-].[K+].[Y]. The second-order valence-electron chi connectivity index (χ2n) is 6.51. The molecule has 0 aliphatic carbocycles. The summed E-state index contributed by atoms with van der Waals surface area (Å²) >= 11 is 4.84. The van der Waals surface area contributed by atoms with Crippen LogP contribution in [-0.2, 0) is 50.1 Å². The van der Waals surface area contributed by atoms with E-state index in [-0.39, 0.29) is 111 Å². The first-order chi connectivity index (χ1) is 13.4. The normalized spacial score (nSPS) is 10.5. The van der Waals surface area contributed by atoms with Gasteiger partial charge >= 0.3 is 51.4 Å². The van der Waals surface area contributed by atoms with Gasteiger partial charge in [0.2, 0.25) is 0 Å². The maximum atomic E-state index is 12.4. The van der Waals surface area contributed by atoms with Gasteiger partial charge in [-0.15, -0.1) is 0 Å². The Morgan fingerprint density at radius 3 is 1.84 bits per heavy atom. The molecule has 1 amide bonds. The van der Waals surface area contributed by atoms with Gasteiger partial charge in [-0.3, -0.25) is 9.59 Å². The van der Waals surface area contributed by atoms with Crippen LogP contribution in [0.3, 0.4) is 0 Å². The van der Waals surface area contributed by atoms with Crippen LogP contribution in [0.5, 0.6) is 0 Å². The molecule has 0 bridgehead atoms. The Morgan fingerprint density at radius 1 is 0.969 bits per heavy atom. The van der Waals surface area contributed by atoms with Crippen LogP contribution in [0.4, 0.5) is 17.1 Å². The number of amides is 1. The monoisotopic (exact) mass is 555 g/mol. The van der Waals surface area contributed by atoms with Crippen LogP contribution in [0.25, 0.3) is 0 Å². The molecular weight excluding hydrogens is 524 g/mol. The van der Waals surface area contributed by atoms with E-state index in [1.807, 2.05) is 50.2 Å². The van der Waals surface area contributed by atoms with Crippen LogP contribution in [0.2, 0.25) is 0 Å². The summed E-state index contributed by atoms with van der Waals surface area (Å²) in [5.41, 5.74) is 2.95. The Labute approximate surface area is 266 Å². The molecule has 0 aromatic heterocycles. The third kappa shape index (κ3) is 12.0. The smallest absolute Gasteiger partial charge is 0.792 e. The van der Waals surface area contributed by atoms with Gasteiger partial charge in [0.25, 0.3) is 5.91 Å². The van der Waals surface area contributed by atoms with Crippen molar-refractivity contribution in [2.75, 3.05) is 24.7 Å². The van der Waals surface area contributed by atoms with Crippen LogP contribution >= 0.6 is 0 Å². The fraction of sp³-hybridized carbons (Fsp3) is 0.304. The van der Waals surface area contributed by atoms with E-state index in [0.29, 0.717) is 29.8 Å². The third-order valence-electron chi connectivity index (χ3n) is 4.23. The molecule has 0 saturated heterocycles. The zero-order valence-electron chi connectivity index (χ0n) is 20.0. The van der Waals surface area contributed by atoms with Gasteiger partial charge in [0.05, 0.1) is 17.4 Å². The predicted octanol–water partition coefficient (Wildman–Crippen LogP) is 2.08. The molecule has 0 spiro atoms. The summed E-state index contributed by atoms with van der Waals surface area (Å²) in [5.74, 6) is 0.0480. The van der Waals surface area contributed by atoms with E-state index < -0.39 is 6.04 Å².